The number of imidazole rings is 1. The Kier molecular flexibility index (Phi) is 14.6. The van der Waals surface area contributed by atoms with Gasteiger partial charge in [0.05, 0.1) is 38.4 Å². The first-order valence-corrected chi connectivity index (χ1v) is 8.63. The van der Waals surface area contributed by atoms with Gasteiger partial charge >= 0.3 is 0 Å². The lowest BCUT2D eigenvalue weighted by Crippen LogP contribution is -2.24. The normalized spacial score (nSPS) is 10.1. The van der Waals surface area contributed by atoms with Crippen LogP contribution < -0.4 is 5.32 Å². The molecule has 0 unspecified atom stereocenters. The quantitative estimate of drug-likeness (QED) is 0.599. The number of aryl methyl sites for hydroxylation is 1. The van der Waals surface area contributed by atoms with Gasteiger partial charge in [-0.25, -0.2) is 4.98 Å². The smallest absolute Gasteiger partial charge is 0.216 e. The fourth-order valence-corrected chi connectivity index (χ4v) is 1.84. The number of carbonyl (C=O) groups excluding carboxylic acids is 1. The van der Waals surface area contributed by atoms with E-state index >= 15 is 0 Å². The molecule has 0 aliphatic carbocycles. The Bertz CT molecular complexity index is 400. The molecule has 0 aliphatic rings. The average Bonchev–Trinajstić information content (AvgIpc) is 3.00. The van der Waals surface area contributed by atoms with Crippen molar-refractivity contribution >= 4 is 5.91 Å². The van der Waals surface area contributed by atoms with Gasteiger partial charge in [-0.05, 0) is 6.42 Å². The van der Waals surface area contributed by atoms with Crippen LogP contribution in [-0.4, -0.2) is 41.8 Å². The number of nitrogens with one attached hydrogen (secondary N) is 1. The zero-order valence-electron chi connectivity index (χ0n) is 15.1. The molecule has 1 aromatic rings. The molecule has 1 amide bonds. The van der Waals surface area contributed by atoms with Crippen LogP contribution >= 0.6 is 0 Å². The van der Waals surface area contributed by atoms with E-state index in [1.165, 1.54) is 26.2 Å². The summed E-state index contributed by atoms with van der Waals surface area (Å²) in [6.45, 7) is 11.3. The van der Waals surface area contributed by atoms with E-state index in [0.29, 0.717) is 33.0 Å². The van der Waals surface area contributed by atoms with E-state index in [9.17, 15) is 4.79 Å². The Morgan fingerprint density at radius 2 is 2.00 bits per heavy atom. The second-order valence-electron chi connectivity index (χ2n) is 4.96. The molecule has 1 aromatic heterocycles. The highest BCUT2D eigenvalue weighted by Gasteiger charge is 1.99. The van der Waals surface area contributed by atoms with Crippen molar-refractivity contribution in [3.05, 3.63) is 18.2 Å². The third-order valence-corrected chi connectivity index (χ3v) is 2.95. The lowest BCUT2D eigenvalue weighted by molar-refractivity contribution is -0.119. The Morgan fingerprint density at radius 3 is 2.70 bits per heavy atom. The molecule has 0 spiro atoms. The third-order valence-electron chi connectivity index (χ3n) is 2.95. The van der Waals surface area contributed by atoms with Gasteiger partial charge in [0.15, 0.2) is 0 Å². The summed E-state index contributed by atoms with van der Waals surface area (Å²) >= 11 is 0. The summed E-state index contributed by atoms with van der Waals surface area (Å²) in [6, 6.07) is 0. The van der Waals surface area contributed by atoms with Crippen molar-refractivity contribution < 1.29 is 15.7 Å². The van der Waals surface area contributed by atoms with E-state index in [4.69, 9.17) is 9.47 Å². The minimum Gasteiger partial charge on any atom is -0.377 e. The van der Waals surface area contributed by atoms with Crippen LogP contribution in [0, 0.1) is 0 Å². The van der Waals surface area contributed by atoms with E-state index in [2.05, 4.69) is 21.8 Å². The molecule has 0 bridgehead atoms. The Hall–Kier alpha value is -1.40. The van der Waals surface area contributed by atoms with E-state index in [1.54, 1.807) is 0 Å². The Balaban J connectivity index is 0. The van der Waals surface area contributed by atoms with Gasteiger partial charge in [0.25, 0.3) is 0 Å². The number of ether oxygens (including phenoxy) is 2. The Labute approximate surface area is 142 Å². The number of aromatic nitrogens is 2. The van der Waals surface area contributed by atoms with Gasteiger partial charge in [-0.1, -0.05) is 33.6 Å². The monoisotopic (exact) mass is 329 g/mol. The molecule has 1 heterocycles. The SMILES string of the molecule is CC.CCCCCn1cnc(COCCOCCNC(C)=O)c1.[HH]. The summed E-state index contributed by atoms with van der Waals surface area (Å²) < 4.78 is 12.9. The first-order chi connectivity index (χ1) is 11.2. The molecule has 0 radical (unpaired) electrons. The molecule has 0 aliphatic heterocycles. The van der Waals surface area contributed by atoms with Crippen molar-refractivity contribution in [2.24, 2.45) is 0 Å². The highest BCUT2D eigenvalue weighted by Crippen LogP contribution is 2.02. The van der Waals surface area contributed by atoms with Crippen molar-refractivity contribution in [1.82, 2.24) is 14.9 Å². The zero-order valence-corrected chi connectivity index (χ0v) is 15.1. The largest absolute Gasteiger partial charge is 0.377 e. The molecule has 0 atom stereocenters. The minimum absolute atomic E-state index is 0. The van der Waals surface area contributed by atoms with Gasteiger partial charge in [-0.3, -0.25) is 4.79 Å². The van der Waals surface area contributed by atoms with E-state index in [0.717, 1.165) is 12.2 Å². The number of carbonyl (C=O) groups is 1. The van der Waals surface area contributed by atoms with Crippen LogP contribution in [0.3, 0.4) is 0 Å². The molecular weight excluding hydrogens is 294 g/mol. The second kappa shape index (κ2) is 15.5. The molecule has 0 saturated heterocycles. The third kappa shape index (κ3) is 12.8. The topological polar surface area (TPSA) is 65.4 Å². The molecule has 0 saturated carbocycles. The van der Waals surface area contributed by atoms with Gasteiger partial charge < -0.3 is 19.4 Å². The number of hydrogen-bond acceptors (Lipinski definition) is 4. The van der Waals surface area contributed by atoms with Gasteiger partial charge in [-0.2, -0.15) is 0 Å². The van der Waals surface area contributed by atoms with Crippen molar-refractivity contribution in [3.8, 4) is 0 Å². The average molecular weight is 329 g/mol. The van der Waals surface area contributed by atoms with Crippen LogP contribution in [0.5, 0.6) is 0 Å². The highest BCUT2D eigenvalue weighted by molar-refractivity contribution is 5.72. The van der Waals surface area contributed by atoms with E-state index in [1.807, 2.05) is 26.4 Å². The highest BCUT2D eigenvalue weighted by atomic mass is 16.5. The van der Waals surface area contributed by atoms with Crippen LogP contribution in [0.4, 0.5) is 0 Å². The molecule has 6 heteroatoms. The molecule has 136 valence electrons. The number of rotatable bonds is 12. The van der Waals surface area contributed by atoms with Crippen molar-refractivity contribution in [2.75, 3.05) is 26.4 Å². The fraction of sp³-hybridized carbons (Fsp3) is 0.765. The first-order valence-electron chi connectivity index (χ1n) is 8.63. The molecule has 1 N–H and O–H groups in total. The molecule has 6 nitrogen and oxygen atoms in total. The van der Waals surface area contributed by atoms with Crippen LogP contribution in [0.2, 0.25) is 0 Å². The van der Waals surface area contributed by atoms with Crippen LogP contribution in [0.15, 0.2) is 12.5 Å². The summed E-state index contributed by atoms with van der Waals surface area (Å²) in [5.74, 6) is -0.0376. The number of unbranched alkanes of at least 4 members (excludes halogenated alkanes) is 2. The van der Waals surface area contributed by atoms with Crippen LogP contribution in [0.25, 0.3) is 0 Å². The van der Waals surface area contributed by atoms with Gasteiger partial charge in [0.2, 0.25) is 5.91 Å². The van der Waals surface area contributed by atoms with Crippen LogP contribution in [-0.2, 0) is 27.4 Å². The summed E-state index contributed by atoms with van der Waals surface area (Å²) in [5, 5.41) is 2.67. The van der Waals surface area contributed by atoms with Gasteiger partial charge in [-0.15, -0.1) is 0 Å². The fourth-order valence-electron chi connectivity index (χ4n) is 1.84. The standard InChI is InChI=1S/C15H27N3O3.C2H6.H2/c1-3-4-5-7-18-11-15(17-13-18)12-21-10-9-20-8-6-16-14(2)19;1-2;/h11,13H,3-10,12H2,1-2H3,(H,16,19);1-2H3;1H. The predicted molar refractivity (Wildman–Crippen MR) is 94.4 cm³/mol. The number of hydrogen-bond donors (Lipinski definition) is 1. The van der Waals surface area contributed by atoms with Crippen molar-refractivity contribution in [2.45, 2.75) is 60.1 Å². The van der Waals surface area contributed by atoms with Crippen molar-refractivity contribution in [3.63, 3.8) is 0 Å². The van der Waals surface area contributed by atoms with Gasteiger partial charge in [0.1, 0.15) is 0 Å². The number of nitrogens with zero attached hydrogens (tertiary/aromatic N) is 2. The molecule has 0 fully saturated rings. The minimum atomic E-state index is -0.0376. The maximum Gasteiger partial charge on any atom is 0.216 e. The number of amides is 1. The second-order valence-corrected chi connectivity index (χ2v) is 4.96. The zero-order chi connectivity index (χ0) is 17.3. The summed E-state index contributed by atoms with van der Waals surface area (Å²) in [5.41, 5.74) is 0.949. The lowest BCUT2D eigenvalue weighted by atomic mass is 10.2. The summed E-state index contributed by atoms with van der Waals surface area (Å²) in [6.07, 6.45) is 7.56. The van der Waals surface area contributed by atoms with Crippen LogP contribution in [0.1, 0.15) is 54.1 Å². The molecule has 1 rings (SSSR count). The molecule has 0 aromatic carbocycles. The molecular formula is C17H35N3O3. The van der Waals surface area contributed by atoms with Gasteiger partial charge in [0, 0.05) is 27.6 Å². The van der Waals surface area contributed by atoms with Crippen molar-refractivity contribution in [1.29, 1.82) is 0 Å². The van der Waals surface area contributed by atoms with E-state index in [-0.39, 0.29) is 7.33 Å². The lowest BCUT2D eigenvalue weighted by Gasteiger charge is -2.05. The predicted octanol–water partition coefficient (Wildman–Crippen LogP) is 3.01. The maximum absolute atomic E-state index is 10.6. The Morgan fingerprint density at radius 1 is 1.26 bits per heavy atom. The molecule has 23 heavy (non-hydrogen) atoms. The first kappa shape index (κ1) is 21.6. The van der Waals surface area contributed by atoms with E-state index < -0.39 is 0 Å². The maximum atomic E-state index is 10.6. The summed E-state index contributed by atoms with van der Waals surface area (Å²) in [4.78, 5) is 14.9. The summed E-state index contributed by atoms with van der Waals surface area (Å²) in [7, 11) is 0.